The van der Waals surface area contributed by atoms with E-state index in [0.717, 1.165) is 45.9 Å². The fraction of sp³-hybridized carbons (Fsp3) is 0.333. The van der Waals surface area contributed by atoms with E-state index in [9.17, 15) is 15.0 Å². The number of carboxylic acids is 1. The Balaban J connectivity index is 1.37. The summed E-state index contributed by atoms with van der Waals surface area (Å²) >= 11 is 6.67. The second kappa shape index (κ2) is 13.6. The minimum absolute atomic E-state index is 0.0869. The third-order valence-corrected chi connectivity index (χ3v) is 7.96. The highest BCUT2D eigenvalue weighted by Crippen LogP contribution is 2.37. The van der Waals surface area contributed by atoms with Crippen LogP contribution in [-0.2, 0) is 31.1 Å². The maximum Gasteiger partial charge on any atom is 0.326 e. The van der Waals surface area contributed by atoms with Crippen LogP contribution >= 0.6 is 11.6 Å². The Morgan fingerprint density at radius 1 is 1.07 bits per heavy atom. The molecule has 1 aliphatic rings. The third kappa shape index (κ3) is 6.93. The van der Waals surface area contributed by atoms with Crippen molar-refractivity contribution in [1.82, 2.24) is 15.1 Å². The van der Waals surface area contributed by atoms with Crippen molar-refractivity contribution < 1.29 is 34.0 Å². The summed E-state index contributed by atoms with van der Waals surface area (Å²) in [4.78, 5) is 11.7. The smallest absolute Gasteiger partial charge is 0.326 e. The summed E-state index contributed by atoms with van der Waals surface area (Å²) in [6.07, 6.45) is 3.63. The lowest BCUT2D eigenvalue weighted by Crippen LogP contribution is -2.52. The average Bonchev–Trinajstić information content (AvgIpc) is 3.51. The summed E-state index contributed by atoms with van der Waals surface area (Å²) in [6.45, 7) is 7.25. The molecule has 44 heavy (non-hydrogen) atoms. The van der Waals surface area contributed by atoms with E-state index in [1.165, 1.54) is 6.92 Å². The summed E-state index contributed by atoms with van der Waals surface area (Å²) in [5.41, 5.74) is 4.06. The van der Waals surface area contributed by atoms with Crippen LogP contribution in [0.4, 0.5) is 0 Å². The van der Waals surface area contributed by atoms with Crippen molar-refractivity contribution in [2.24, 2.45) is 0 Å². The molecule has 1 aliphatic heterocycles. The molecule has 0 saturated carbocycles. The lowest BCUT2D eigenvalue weighted by atomic mass is 9.96. The van der Waals surface area contributed by atoms with Gasteiger partial charge in [-0.2, -0.15) is 5.10 Å². The Hall–Kier alpha value is -4.25. The third-order valence-electron chi connectivity index (χ3n) is 7.66. The molecule has 3 aromatic carbocycles. The maximum absolute atomic E-state index is 11.7. The quantitative estimate of drug-likeness (QED) is 0.180. The van der Waals surface area contributed by atoms with E-state index in [1.807, 2.05) is 50.4 Å². The fourth-order valence-electron chi connectivity index (χ4n) is 4.78. The highest BCUT2D eigenvalue weighted by molar-refractivity contribution is 6.32. The van der Waals surface area contributed by atoms with Crippen molar-refractivity contribution in [2.45, 2.75) is 52.6 Å². The number of nitrogens with one attached hydrogen (secondary N) is 1. The molecule has 0 amide bonds. The van der Waals surface area contributed by atoms with Crippen LogP contribution < -0.4 is 24.3 Å². The lowest BCUT2D eigenvalue weighted by Gasteiger charge is -2.25. The second-order valence-electron chi connectivity index (χ2n) is 10.8. The monoisotopic (exact) mass is 621 g/mol. The Bertz CT molecular complexity index is 1640. The van der Waals surface area contributed by atoms with Gasteiger partial charge in [0, 0.05) is 36.5 Å². The van der Waals surface area contributed by atoms with E-state index < -0.39 is 18.1 Å². The summed E-state index contributed by atoms with van der Waals surface area (Å²) in [7, 11) is 0. The van der Waals surface area contributed by atoms with Gasteiger partial charge in [-0.15, -0.1) is 0 Å². The number of hydrogen-bond acceptors (Lipinski definition) is 8. The summed E-state index contributed by atoms with van der Waals surface area (Å²) in [5.74, 6) is 1.19. The van der Waals surface area contributed by atoms with Gasteiger partial charge in [-0.1, -0.05) is 35.9 Å². The fourth-order valence-corrected chi connectivity index (χ4v) is 5.02. The zero-order valence-corrected chi connectivity index (χ0v) is 25.7. The number of halogens is 1. The number of aliphatic carboxylic acids is 1. The normalized spacial score (nSPS) is 13.8. The van der Waals surface area contributed by atoms with Crippen LogP contribution in [-0.4, -0.2) is 51.3 Å². The first kappa shape index (κ1) is 31.2. The zero-order valence-electron chi connectivity index (χ0n) is 24.9. The SMILES string of the molecule is CCn1cc(COc2cc(OCc3cccc(-c4ccc5c(c4)OCCO5)c3C)c(Cl)cc2CNC(C)(CO)C(=O)O)cn1. The molecule has 0 spiro atoms. The van der Waals surface area contributed by atoms with E-state index in [1.54, 1.807) is 23.0 Å². The van der Waals surface area contributed by atoms with Gasteiger partial charge in [0.05, 0.1) is 17.8 Å². The van der Waals surface area contributed by atoms with E-state index >= 15 is 0 Å². The van der Waals surface area contributed by atoms with Crippen molar-refractivity contribution >= 4 is 17.6 Å². The van der Waals surface area contributed by atoms with Gasteiger partial charge >= 0.3 is 5.97 Å². The molecule has 0 fully saturated rings. The molecule has 0 bridgehead atoms. The van der Waals surface area contributed by atoms with Gasteiger partial charge in [0.15, 0.2) is 11.5 Å². The Morgan fingerprint density at radius 3 is 2.57 bits per heavy atom. The van der Waals surface area contributed by atoms with Gasteiger partial charge in [-0.05, 0) is 61.2 Å². The molecular weight excluding hydrogens is 586 g/mol. The lowest BCUT2D eigenvalue weighted by molar-refractivity contribution is -0.145. The number of hydrogen-bond donors (Lipinski definition) is 3. The minimum Gasteiger partial charge on any atom is -0.488 e. The van der Waals surface area contributed by atoms with Crippen molar-refractivity contribution in [3.05, 3.63) is 88.2 Å². The summed E-state index contributed by atoms with van der Waals surface area (Å²) in [5, 5.41) is 26.8. The molecule has 1 atom stereocenters. The van der Waals surface area contributed by atoms with Gasteiger partial charge < -0.3 is 29.2 Å². The molecule has 0 radical (unpaired) electrons. The summed E-state index contributed by atoms with van der Waals surface area (Å²) < 4.78 is 25.7. The van der Waals surface area contributed by atoms with Crippen LogP contribution in [0.1, 0.15) is 36.1 Å². The minimum atomic E-state index is -1.54. The highest BCUT2D eigenvalue weighted by Gasteiger charge is 2.32. The largest absolute Gasteiger partial charge is 0.488 e. The Morgan fingerprint density at radius 2 is 1.84 bits per heavy atom. The number of rotatable bonds is 13. The molecule has 10 nitrogen and oxygen atoms in total. The van der Waals surface area contributed by atoms with Crippen LogP contribution in [0.3, 0.4) is 0 Å². The number of aliphatic hydroxyl groups is 1. The summed E-state index contributed by atoms with van der Waals surface area (Å²) in [6, 6.07) is 15.4. The molecule has 11 heteroatoms. The topological polar surface area (TPSA) is 124 Å². The van der Waals surface area contributed by atoms with E-state index in [-0.39, 0.29) is 19.8 Å². The van der Waals surface area contributed by atoms with Gasteiger partial charge in [0.25, 0.3) is 0 Å². The number of carbonyl (C=O) groups is 1. The number of fused-ring (bicyclic) bond motifs is 1. The second-order valence-corrected chi connectivity index (χ2v) is 11.2. The first-order valence-corrected chi connectivity index (χ1v) is 14.8. The van der Waals surface area contributed by atoms with Crippen LogP contribution in [0.5, 0.6) is 23.0 Å². The number of nitrogens with zero attached hydrogens (tertiary/aromatic N) is 2. The Labute approximate surface area is 261 Å². The van der Waals surface area contributed by atoms with Crippen LogP contribution in [0, 0.1) is 6.92 Å². The molecule has 232 valence electrons. The zero-order chi connectivity index (χ0) is 31.3. The first-order valence-electron chi connectivity index (χ1n) is 14.4. The van der Waals surface area contributed by atoms with E-state index in [0.29, 0.717) is 35.3 Å². The molecule has 0 aliphatic carbocycles. The van der Waals surface area contributed by atoms with Gasteiger partial charge in [-0.3, -0.25) is 14.8 Å². The highest BCUT2D eigenvalue weighted by atomic mass is 35.5. The Kier molecular flexibility index (Phi) is 9.63. The van der Waals surface area contributed by atoms with E-state index in [4.69, 9.17) is 30.5 Å². The van der Waals surface area contributed by atoms with Crippen LogP contribution in [0.25, 0.3) is 11.1 Å². The first-order chi connectivity index (χ1) is 21.2. The van der Waals surface area contributed by atoms with Crippen molar-refractivity contribution in [3.8, 4) is 34.1 Å². The standard InChI is InChI=1S/C33H36ClN3O7/c1-4-37-17-22(15-36-37)18-43-29-14-30(27(34)12-25(29)16-35-33(3,20-38)32(39)40)44-19-24-6-5-7-26(21(24)2)23-8-9-28-31(13-23)42-11-10-41-28/h5-9,12-15,17,35,38H,4,10-11,16,18-20H2,1-3H3,(H,39,40). The number of benzene rings is 3. The number of aryl methyl sites for hydroxylation is 1. The number of aromatic nitrogens is 2. The van der Waals surface area contributed by atoms with Crippen LogP contribution in [0.2, 0.25) is 5.02 Å². The maximum atomic E-state index is 11.7. The predicted molar refractivity (Wildman–Crippen MR) is 166 cm³/mol. The molecule has 2 heterocycles. The molecular formula is C33H36ClN3O7. The van der Waals surface area contributed by atoms with Crippen LogP contribution in [0.15, 0.2) is 60.9 Å². The number of aliphatic hydroxyl groups excluding tert-OH is 1. The van der Waals surface area contributed by atoms with E-state index in [2.05, 4.69) is 16.5 Å². The number of ether oxygens (including phenoxy) is 4. The van der Waals surface area contributed by atoms with Gasteiger partial charge in [0.2, 0.25) is 0 Å². The molecule has 3 N–H and O–H groups in total. The average molecular weight is 622 g/mol. The van der Waals surface area contributed by atoms with Crippen molar-refractivity contribution in [2.75, 3.05) is 19.8 Å². The van der Waals surface area contributed by atoms with Crippen molar-refractivity contribution in [1.29, 1.82) is 0 Å². The molecule has 5 rings (SSSR count). The number of carboxylic acid groups (broad SMARTS) is 1. The van der Waals surface area contributed by atoms with Crippen molar-refractivity contribution in [3.63, 3.8) is 0 Å². The molecule has 4 aromatic rings. The molecule has 1 aromatic heterocycles. The molecule has 1 unspecified atom stereocenters. The molecule has 0 saturated heterocycles. The van der Waals surface area contributed by atoms with Gasteiger partial charge in [0.1, 0.15) is 43.5 Å². The van der Waals surface area contributed by atoms with Gasteiger partial charge in [-0.25, -0.2) is 0 Å². The predicted octanol–water partition coefficient (Wildman–Crippen LogP) is 5.39.